The van der Waals surface area contributed by atoms with Crippen LogP contribution in [-0.4, -0.2) is 46.0 Å². The number of para-hydroxylation sites is 1. The van der Waals surface area contributed by atoms with Crippen molar-refractivity contribution in [1.82, 2.24) is 9.88 Å². The van der Waals surface area contributed by atoms with Crippen molar-refractivity contribution < 1.29 is 14.6 Å². The van der Waals surface area contributed by atoms with Crippen molar-refractivity contribution in [3.63, 3.8) is 0 Å². The van der Waals surface area contributed by atoms with Gasteiger partial charge in [0.05, 0.1) is 18.2 Å². The number of benzene rings is 2. The molecule has 0 radical (unpaired) electrons. The van der Waals surface area contributed by atoms with Gasteiger partial charge in [-0.15, -0.1) is 0 Å². The molecule has 5 rings (SSSR count). The van der Waals surface area contributed by atoms with Crippen LogP contribution in [0.3, 0.4) is 0 Å². The van der Waals surface area contributed by atoms with Crippen LogP contribution >= 0.6 is 0 Å². The first-order valence-corrected chi connectivity index (χ1v) is 11.5. The fourth-order valence-electron chi connectivity index (χ4n) is 4.95. The highest BCUT2D eigenvalue weighted by molar-refractivity contribution is 5.89. The Bertz CT molecular complexity index is 1220. The predicted molar refractivity (Wildman–Crippen MR) is 130 cm³/mol. The van der Waals surface area contributed by atoms with Crippen molar-refractivity contribution in [1.29, 1.82) is 0 Å². The molecule has 0 saturated carbocycles. The first-order valence-electron chi connectivity index (χ1n) is 11.5. The highest BCUT2D eigenvalue weighted by Gasteiger charge is 2.42. The average Bonchev–Trinajstić information content (AvgIpc) is 2.97. The number of hydrogen-bond donors (Lipinski definition) is 1. The van der Waals surface area contributed by atoms with Gasteiger partial charge in [-0.25, -0.2) is 9.78 Å². The van der Waals surface area contributed by atoms with Gasteiger partial charge in [0, 0.05) is 18.5 Å². The first kappa shape index (κ1) is 21.5. The quantitative estimate of drug-likeness (QED) is 0.594. The predicted octanol–water partition coefficient (Wildman–Crippen LogP) is 5.32. The molecule has 1 amide bonds. The van der Waals surface area contributed by atoms with Crippen LogP contribution in [0.2, 0.25) is 0 Å². The van der Waals surface area contributed by atoms with Crippen LogP contribution in [0.1, 0.15) is 37.0 Å². The summed E-state index contributed by atoms with van der Waals surface area (Å²) in [6.07, 6.45) is 5.14. The number of rotatable bonds is 3. The second kappa shape index (κ2) is 8.52. The molecule has 170 valence electrons. The van der Waals surface area contributed by atoms with Crippen LogP contribution in [0.15, 0.2) is 60.7 Å². The standard InChI is InChI=1S/C27H29N3O3/c1-27(2)30(26(31)32)22(18-33-27)14-13-20-16-25(28-24-12-6-5-11-23(20)24)29-15-7-10-19-8-3-4-9-21(19)17-29/h3-6,8-9,11-14,16,22H,7,10,15,17-18H2,1-2H3,(H,31,32). The van der Waals surface area contributed by atoms with E-state index in [-0.39, 0.29) is 6.04 Å². The molecule has 2 aromatic carbocycles. The maximum absolute atomic E-state index is 11.8. The van der Waals surface area contributed by atoms with Crippen LogP contribution in [0.5, 0.6) is 0 Å². The molecular formula is C27H29N3O3. The maximum Gasteiger partial charge on any atom is 0.410 e. The Morgan fingerprint density at radius 2 is 1.91 bits per heavy atom. The molecule has 1 saturated heterocycles. The summed E-state index contributed by atoms with van der Waals surface area (Å²) in [5.41, 5.74) is 3.89. The van der Waals surface area contributed by atoms with E-state index in [4.69, 9.17) is 9.72 Å². The minimum Gasteiger partial charge on any atom is -0.465 e. The number of pyridine rings is 1. The summed E-state index contributed by atoms with van der Waals surface area (Å²) in [6, 6.07) is 18.5. The SMILES string of the molecule is CC1(C)OCC(C=Cc2cc(N3CCCc4ccccc4C3)nc3ccccc23)N1C(=O)O. The van der Waals surface area contributed by atoms with Gasteiger partial charge in [-0.1, -0.05) is 54.6 Å². The summed E-state index contributed by atoms with van der Waals surface area (Å²) < 4.78 is 5.74. The summed E-state index contributed by atoms with van der Waals surface area (Å²) >= 11 is 0. The third-order valence-electron chi connectivity index (χ3n) is 6.64. The third kappa shape index (κ3) is 4.18. The zero-order chi connectivity index (χ0) is 23.0. The third-order valence-corrected chi connectivity index (χ3v) is 6.64. The average molecular weight is 444 g/mol. The minimum absolute atomic E-state index is 0.335. The molecule has 3 aromatic rings. The second-order valence-corrected chi connectivity index (χ2v) is 9.22. The van der Waals surface area contributed by atoms with Crippen LogP contribution in [0.25, 0.3) is 17.0 Å². The number of amides is 1. The van der Waals surface area contributed by atoms with Crippen molar-refractivity contribution in [2.75, 3.05) is 18.1 Å². The topological polar surface area (TPSA) is 65.9 Å². The molecule has 33 heavy (non-hydrogen) atoms. The second-order valence-electron chi connectivity index (χ2n) is 9.22. The highest BCUT2D eigenvalue weighted by atomic mass is 16.5. The molecule has 1 N–H and O–H groups in total. The van der Waals surface area contributed by atoms with E-state index in [1.165, 1.54) is 16.0 Å². The number of hydrogen-bond acceptors (Lipinski definition) is 4. The van der Waals surface area contributed by atoms with Gasteiger partial charge in [0.1, 0.15) is 11.5 Å². The lowest BCUT2D eigenvalue weighted by atomic mass is 10.0. The number of nitrogens with zero attached hydrogens (tertiary/aromatic N) is 3. The van der Waals surface area contributed by atoms with Crippen molar-refractivity contribution in [2.45, 2.75) is 45.0 Å². The van der Waals surface area contributed by atoms with E-state index in [1.54, 1.807) is 13.8 Å². The number of anilines is 1. The van der Waals surface area contributed by atoms with E-state index in [0.717, 1.165) is 48.2 Å². The van der Waals surface area contributed by atoms with Crippen LogP contribution in [0, 0.1) is 0 Å². The lowest BCUT2D eigenvalue weighted by molar-refractivity contribution is -0.0409. The fourth-order valence-corrected chi connectivity index (χ4v) is 4.95. The molecule has 1 aromatic heterocycles. The zero-order valence-corrected chi connectivity index (χ0v) is 19.1. The van der Waals surface area contributed by atoms with Crippen LogP contribution < -0.4 is 4.90 Å². The normalized spacial score (nSPS) is 20.2. The van der Waals surface area contributed by atoms with Gasteiger partial charge in [-0.3, -0.25) is 4.90 Å². The number of carboxylic acid groups (broad SMARTS) is 1. The minimum atomic E-state index is -0.976. The maximum atomic E-state index is 11.8. The zero-order valence-electron chi connectivity index (χ0n) is 19.1. The van der Waals surface area contributed by atoms with E-state index >= 15 is 0 Å². The van der Waals surface area contributed by atoms with E-state index in [1.807, 2.05) is 30.4 Å². The fraction of sp³-hybridized carbons (Fsp3) is 0.333. The highest BCUT2D eigenvalue weighted by Crippen LogP contribution is 2.31. The molecule has 0 aliphatic carbocycles. The lowest BCUT2D eigenvalue weighted by Gasteiger charge is -2.29. The van der Waals surface area contributed by atoms with Gasteiger partial charge >= 0.3 is 6.09 Å². The van der Waals surface area contributed by atoms with Crippen molar-refractivity contribution >= 4 is 28.9 Å². The van der Waals surface area contributed by atoms with Crippen molar-refractivity contribution in [2.24, 2.45) is 0 Å². The summed E-state index contributed by atoms with van der Waals surface area (Å²) in [5.74, 6) is 0.947. The Labute approximate surface area is 194 Å². The molecule has 2 aliphatic heterocycles. The Kier molecular flexibility index (Phi) is 5.54. The molecule has 1 unspecified atom stereocenters. The Morgan fingerprint density at radius 1 is 1.15 bits per heavy atom. The smallest absolute Gasteiger partial charge is 0.410 e. The number of aryl methyl sites for hydroxylation is 1. The largest absolute Gasteiger partial charge is 0.465 e. The van der Waals surface area contributed by atoms with Gasteiger partial charge in [0.25, 0.3) is 0 Å². The number of fused-ring (bicyclic) bond motifs is 2. The van der Waals surface area contributed by atoms with E-state index in [0.29, 0.717) is 6.61 Å². The molecule has 1 atom stereocenters. The molecule has 0 bridgehead atoms. The summed E-state index contributed by atoms with van der Waals surface area (Å²) in [4.78, 5) is 20.5. The molecule has 2 aliphatic rings. The summed E-state index contributed by atoms with van der Waals surface area (Å²) in [5, 5.41) is 10.8. The van der Waals surface area contributed by atoms with Crippen molar-refractivity contribution in [3.8, 4) is 0 Å². The molecule has 3 heterocycles. The van der Waals surface area contributed by atoms with Gasteiger partial charge in [-0.05, 0) is 55.5 Å². The number of carbonyl (C=O) groups is 1. The summed E-state index contributed by atoms with van der Waals surface area (Å²) in [7, 11) is 0. The monoisotopic (exact) mass is 443 g/mol. The van der Waals surface area contributed by atoms with Gasteiger partial charge < -0.3 is 14.7 Å². The van der Waals surface area contributed by atoms with E-state index < -0.39 is 11.8 Å². The molecular weight excluding hydrogens is 414 g/mol. The molecule has 1 fully saturated rings. The molecule has 6 heteroatoms. The Morgan fingerprint density at radius 3 is 2.73 bits per heavy atom. The van der Waals surface area contributed by atoms with Gasteiger partial charge in [-0.2, -0.15) is 0 Å². The number of ether oxygens (including phenoxy) is 1. The summed E-state index contributed by atoms with van der Waals surface area (Å²) in [6.45, 7) is 5.69. The van der Waals surface area contributed by atoms with Crippen molar-refractivity contribution in [3.05, 3.63) is 77.4 Å². The van der Waals surface area contributed by atoms with E-state index in [9.17, 15) is 9.90 Å². The van der Waals surface area contributed by atoms with Gasteiger partial charge in [0.2, 0.25) is 0 Å². The first-order chi connectivity index (χ1) is 15.9. The van der Waals surface area contributed by atoms with E-state index in [2.05, 4.69) is 41.3 Å². The van der Waals surface area contributed by atoms with Crippen LogP contribution in [-0.2, 0) is 17.7 Å². The number of aromatic nitrogens is 1. The molecule has 0 spiro atoms. The Balaban J connectivity index is 1.51. The molecule has 6 nitrogen and oxygen atoms in total. The van der Waals surface area contributed by atoms with Crippen LogP contribution in [0.4, 0.5) is 10.6 Å². The lowest BCUT2D eigenvalue weighted by Crippen LogP contribution is -2.46. The van der Waals surface area contributed by atoms with Gasteiger partial charge in [0.15, 0.2) is 0 Å². The Hall–Kier alpha value is -3.38.